The molecular weight excluding hydrogens is 318 g/mol. The maximum Gasteiger partial charge on any atom is 0.241 e. The summed E-state index contributed by atoms with van der Waals surface area (Å²) in [5.74, 6) is 0.964. The van der Waals surface area contributed by atoms with Crippen molar-refractivity contribution in [1.29, 1.82) is 0 Å². The van der Waals surface area contributed by atoms with Crippen LogP contribution in [0.3, 0.4) is 0 Å². The number of nitrogens with one attached hydrogen (secondary N) is 1. The molecule has 0 unspecified atom stereocenters. The molecule has 1 aliphatic carbocycles. The van der Waals surface area contributed by atoms with Crippen LogP contribution >= 0.6 is 23.7 Å². The van der Waals surface area contributed by atoms with Crippen LogP contribution < -0.4 is 11.1 Å². The number of nitrogens with two attached hydrogens (primary N) is 1. The van der Waals surface area contributed by atoms with Crippen LogP contribution in [0.5, 0.6) is 0 Å². The predicted molar refractivity (Wildman–Crippen MR) is 94.9 cm³/mol. The van der Waals surface area contributed by atoms with E-state index >= 15 is 0 Å². The van der Waals surface area contributed by atoms with Crippen LogP contribution in [0.25, 0.3) is 10.2 Å². The zero-order valence-electron chi connectivity index (χ0n) is 12.8. The lowest BCUT2D eigenvalue weighted by molar-refractivity contribution is -0.117. The second-order valence-corrected chi connectivity index (χ2v) is 7.30. The van der Waals surface area contributed by atoms with Gasteiger partial charge in [0.25, 0.3) is 0 Å². The van der Waals surface area contributed by atoms with Gasteiger partial charge < -0.3 is 11.1 Å². The standard InChI is InChI=1S/C16H21N3OS.ClH/c1-9(2)7-12(17)15(20)18-11-5-6-13-14(8-11)21-16(19-13)10-3-4-10;/h5-6,8-10,12H,3-4,7,17H2,1-2H3,(H,18,20);1H/t12-;/m0./s1. The molecule has 3 N–H and O–H groups in total. The van der Waals surface area contributed by atoms with Crippen molar-refractivity contribution in [3.63, 3.8) is 0 Å². The summed E-state index contributed by atoms with van der Waals surface area (Å²) in [6.07, 6.45) is 3.21. The molecule has 2 aromatic rings. The topological polar surface area (TPSA) is 68.0 Å². The van der Waals surface area contributed by atoms with Crippen molar-refractivity contribution in [2.45, 2.75) is 45.1 Å². The Morgan fingerprint density at radius 2 is 2.18 bits per heavy atom. The Morgan fingerprint density at radius 1 is 1.45 bits per heavy atom. The van der Waals surface area contributed by atoms with Gasteiger partial charge in [0.05, 0.1) is 21.3 Å². The van der Waals surface area contributed by atoms with E-state index in [2.05, 4.69) is 24.1 Å². The second-order valence-electron chi connectivity index (χ2n) is 6.23. The first-order chi connectivity index (χ1) is 10.0. The average Bonchev–Trinajstić information content (AvgIpc) is 3.18. The zero-order chi connectivity index (χ0) is 15.0. The largest absolute Gasteiger partial charge is 0.325 e. The number of fused-ring (bicyclic) bond motifs is 1. The number of carbonyl (C=O) groups is 1. The second kappa shape index (κ2) is 6.94. The van der Waals surface area contributed by atoms with Crippen molar-refractivity contribution in [2.75, 3.05) is 5.32 Å². The SMILES string of the molecule is CC(C)C[C@H](N)C(=O)Nc1ccc2nc(C3CC3)sc2c1.Cl. The van der Waals surface area contributed by atoms with Gasteiger partial charge in [0.15, 0.2) is 0 Å². The van der Waals surface area contributed by atoms with E-state index < -0.39 is 6.04 Å². The Hall–Kier alpha value is -1.17. The molecule has 4 nitrogen and oxygen atoms in total. The lowest BCUT2D eigenvalue weighted by atomic mass is 10.0. The summed E-state index contributed by atoms with van der Waals surface area (Å²) < 4.78 is 1.13. The smallest absolute Gasteiger partial charge is 0.241 e. The zero-order valence-corrected chi connectivity index (χ0v) is 14.5. The van der Waals surface area contributed by atoms with E-state index in [1.807, 2.05) is 18.2 Å². The Morgan fingerprint density at radius 3 is 2.82 bits per heavy atom. The molecule has 1 saturated carbocycles. The molecule has 22 heavy (non-hydrogen) atoms. The molecule has 1 aliphatic rings. The van der Waals surface area contributed by atoms with Crippen LogP contribution in [0, 0.1) is 5.92 Å². The first-order valence-corrected chi connectivity index (χ1v) is 8.31. The molecule has 0 bridgehead atoms. The molecule has 0 aliphatic heterocycles. The molecular formula is C16H22ClN3OS. The fourth-order valence-electron chi connectivity index (χ4n) is 2.37. The Kier molecular flexibility index (Phi) is 5.42. The molecule has 1 aromatic heterocycles. The number of hydrogen-bond donors (Lipinski definition) is 2. The quantitative estimate of drug-likeness (QED) is 0.867. The normalized spacial score (nSPS) is 15.6. The highest BCUT2D eigenvalue weighted by atomic mass is 35.5. The summed E-state index contributed by atoms with van der Waals surface area (Å²) in [5.41, 5.74) is 7.73. The first kappa shape index (κ1) is 17.2. The van der Waals surface area contributed by atoms with E-state index in [0.29, 0.717) is 18.3 Å². The molecule has 6 heteroatoms. The van der Waals surface area contributed by atoms with Crippen molar-refractivity contribution in [3.05, 3.63) is 23.2 Å². The van der Waals surface area contributed by atoms with Gasteiger partial charge >= 0.3 is 0 Å². The molecule has 1 amide bonds. The predicted octanol–water partition coefficient (Wildman–Crippen LogP) is 3.91. The summed E-state index contributed by atoms with van der Waals surface area (Å²) >= 11 is 1.73. The third-order valence-electron chi connectivity index (χ3n) is 3.66. The number of halogens is 1. The number of benzene rings is 1. The van der Waals surface area contributed by atoms with Gasteiger partial charge in [-0.2, -0.15) is 0 Å². The highest BCUT2D eigenvalue weighted by Gasteiger charge is 2.27. The van der Waals surface area contributed by atoms with Crippen LogP contribution in [0.4, 0.5) is 5.69 Å². The fraction of sp³-hybridized carbons (Fsp3) is 0.500. The van der Waals surface area contributed by atoms with Crippen LogP contribution in [0.2, 0.25) is 0 Å². The van der Waals surface area contributed by atoms with Gasteiger partial charge in [-0.05, 0) is 43.4 Å². The van der Waals surface area contributed by atoms with Gasteiger partial charge in [0.2, 0.25) is 5.91 Å². The summed E-state index contributed by atoms with van der Waals surface area (Å²) in [4.78, 5) is 16.7. The van der Waals surface area contributed by atoms with Crippen LogP contribution in [0.1, 0.15) is 44.0 Å². The first-order valence-electron chi connectivity index (χ1n) is 7.50. The van der Waals surface area contributed by atoms with E-state index in [4.69, 9.17) is 5.73 Å². The number of nitrogens with zero attached hydrogens (tertiary/aromatic N) is 1. The van der Waals surface area contributed by atoms with Crippen molar-refractivity contribution < 1.29 is 4.79 Å². The number of thiazole rings is 1. The van der Waals surface area contributed by atoms with Gasteiger partial charge in [0.1, 0.15) is 0 Å². The lowest BCUT2D eigenvalue weighted by Crippen LogP contribution is -2.36. The molecule has 0 saturated heterocycles. The lowest BCUT2D eigenvalue weighted by Gasteiger charge is -2.14. The molecule has 1 aromatic carbocycles. The Labute approximate surface area is 140 Å². The minimum atomic E-state index is -0.454. The highest BCUT2D eigenvalue weighted by molar-refractivity contribution is 7.18. The summed E-state index contributed by atoms with van der Waals surface area (Å²) in [6.45, 7) is 4.13. The van der Waals surface area contributed by atoms with Crippen molar-refractivity contribution in [2.24, 2.45) is 11.7 Å². The number of amides is 1. The van der Waals surface area contributed by atoms with Gasteiger partial charge in [-0.3, -0.25) is 4.79 Å². The van der Waals surface area contributed by atoms with Crippen molar-refractivity contribution in [3.8, 4) is 0 Å². The van der Waals surface area contributed by atoms with Crippen molar-refractivity contribution in [1.82, 2.24) is 4.98 Å². The molecule has 1 atom stereocenters. The van der Waals surface area contributed by atoms with E-state index in [1.54, 1.807) is 11.3 Å². The van der Waals surface area contributed by atoms with Gasteiger partial charge in [-0.25, -0.2) is 4.98 Å². The molecule has 3 rings (SSSR count). The maximum absolute atomic E-state index is 12.1. The van der Waals surface area contributed by atoms with Gasteiger partial charge in [0, 0.05) is 11.6 Å². The number of anilines is 1. The molecule has 1 heterocycles. The monoisotopic (exact) mass is 339 g/mol. The van der Waals surface area contributed by atoms with E-state index in [-0.39, 0.29) is 18.3 Å². The van der Waals surface area contributed by atoms with Crippen LogP contribution in [-0.2, 0) is 4.79 Å². The number of carbonyl (C=O) groups excluding carboxylic acids is 1. The van der Waals surface area contributed by atoms with Crippen LogP contribution in [0.15, 0.2) is 18.2 Å². The average molecular weight is 340 g/mol. The number of aromatic nitrogens is 1. The van der Waals surface area contributed by atoms with Crippen molar-refractivity contribution >= 4 is 45.6 Å². The molecule has 1 fully saturated rings. The van der Waals surface area contributed by atoms with Gasteiger partial charge in [-0.1, -0.05) is 13.8 Å². The summed E-state index contributed by atoms with van der Waals surface area (Å²) in [7, 11) is 0. The van der Waals surface area contributed by atoms with E-state index in [1.165, 1.54) is 17.8 Å². The number of rotatable bonds is 5. The van der Waals surface area contributed by atoms with Crippen LogP contribution in [-0.4, -0.2) is 16.9 Å². The maximum atomic E-state index is 12.1. The van der Waals surface area contributed by atoms with E-state index in [9.17, 15) is 4.79 Å². The fourth-order valence-corrected chi connectivity index (χ4v) is 3.55. The molecule has 120 valence electrons. The minimum absolute atomic E-state index is 0. The third kappa shape index (κ3) is 3.97. The molecule has 0 radical (unpaired) electrons. The van der Waals surface area contributed by atoms with E-state index in [0.717, 1.165) is 15.9 Å². The Balaban J connectivity index is 0.00000176. The highest BCUT2D eigenvalue weighted by Crippen LogP contribution is 2.43. The molecule has 0 spiro atoms. The van der Waals surface area contributed by atoms with Gasteiger partial charge in [-0.15, -0.1) is 23.7 Å². The Bertz CT molecular complexity index is 666. The number of hydrogen-bond acceptors (Lipinski definition) is 4. The third-order valence-corrected chi connectivity index (χ3v) is 4.84. The summed E-state index contributed by atoms with van der Waals surface area (Å²) in [6, 6.07) is 5.42. The minimum Gasteiger partial charge on any atom is -0.325 e. The summed E-state index contributed by atoms with van der Waals surface area (Å²) in [5, 5.41) is 4.14.